The minimum absolute atomic E-state index is 0.153. The summed E-state index contributed by atoms with van der Waals surface area (Å²) in [5.41, 5.74) is 1.65. The molecular weight excluding hydrogens is 284 g/mol. The molecule has 0 aliphatic heterocycles. The molecule has 21 heavy (non-hydrogen) atoms. The first-order valence-electron chi connectivity index (χ1n) is 6.85. The van der Waals surface area contributed by atoms with Gasteiger partial charge < -0.3 is 15.0 Å². The van der Waals surface area contributed by atoms with Gasteiger partial charge in [0.1, 0.15) is 4.64 Å². The first kappa shape index (κ1) is 15.4. The van der Waals surface area contributed by atoms with E-state index in [4.69, 9.17) is 17.0 Å². The standard InChI is InChI=1S/C16H18N2O2S/c19-15(14-8-4-9-18-16(14)21)17-10-5-11-20-12-13-6-2-1-3-7-13/h1-4,6-9H,5,10-12H2,(H,17,19)(H,18,21). The van der Waals surface area contributed by atoms with Gasteiger partial charge in [-0.25, -0.2) is 0 Å². The third kappa shape index (κ3) is 5.13. The van der Waals surface area contributed by atoms with Crippen LogP contribution in [0.4, 0.5) is 0 Å². The number of carbonyl (C=O) groups is 1. The highest BCUT2D eigenvalue weighted by molar-refractivity contribution is 7.71. The van der Waals surface area contributed by atoms with Crippen LogP contribution < -0.4 is 5.32 Å². The van der Waals surface area contributed by atoms with Crippen molar-refractivity contribution in [3.63, 3.8) is 0 Å². The van der Waals surface area contributed by atoms with Crippen LogP contribution in [0.2, 0.25) is 0 Å². The lowest BCUT2D eigenvalue weighted by atomic mass is 10.2. The third-order valence-corrected chi connectivity index (χ3v) is 3.26. The number of rotatable bonds is 7. The summed E-state index contributed by atoms with van der Waals surface area (Å²) in [6.45, 7) is 1.77. The molecule has 2 rings (SSSR count). The fourth-order valence-electron chi connectivity index (χ4n) is 1.84. The lowest BCUT2D eigenvalue weighted by Crippen LogP contribution is -2.25. The van der Waals surface area contributed by atoms with Gasteiger partial charge in [-0.05, 0) is 24.1 Å². The summed E-state index contributed by atoms with van der Waals surface area (Å²) in [5.74, 6) is -0.153. The molecule has 0 aliphatic rings. The van der Waals surface area contributed by atoms with Crippen molar-refractivity contribution in [1.82, 2.24) is 10.3 Å². The third-order valence-electron chi connectivity index (χ3n) is 2.93. The summed E-state index contributed by atoms with van der Waals surface area (Å²) >= 11 is 5.06. The number of pyridine rings is 1. The van der Waals surface area contributed by atoms with Crippen molar-refractivity contribution in [2.24, 2.45) is 0 Å². The average Bonchev–Trinajstić information content (AvgIpc) is 2.52. The van der Waals surface area contributed by atoms with Crippen molar-refractivity contribution in [2.75, 3.05) is 13.2 Å². The molecule has 110 valence electrons. The second-order valence-corrected chi connectivity index (χ2v) is 4.97. The molecule has 0 bridgehead atoms. The van der Waals surface area contributed by atoms with Crippen LogP contribution in [0.5, 0.6) is 0 Å². The maximum Gasteiger partial charge on any atom is 0.254 e. The first-order valence-corrected chi connectivity index (χ1v) is 7.26. The molecule has 0 spiro atoms. The summed E-state index contributed by atoms with van der Waals surface area (Å²) in [4.78, 5) is 14.7. The second kappa shape index (κ2) is 8.34. The van der Waals surface area contributed by atoms with E-state index in [1.54, 1.807) is 18.3 Å². The molecule has 4 nitrogen and oxygen atoms in total. The van der Waals surface area contributed by atoms with Crippen LogP contribution in [-0.2, 0) is 11.3 Å². The Balaban J connectivity index is 1.63. The molecule has 1 aromatic carbocycles. The van der Waals surface area contributed by atoms with Crippen LogP contribution in [0.1, 0.15) is 22.3 Å². The minimum Gasteiger partial charge on any atom is -0.377 e. The van der Waals surface area contributed by atoms with Gasteiger partial charge in [0.2, 0.25) is 0 Å². The number of hydrogen-bond acceptors (Lipinski definition) is 3. The summed E-state index contributed by atoms with van der Waals surface area (Å²) in [5, 5.41) is 2.83. The predicted octanol–water partition coefficient (Wildman–Crippen LogP) is 3.08. The maximum absolute atomic E-state index is 11.9. The van der Waals surface area contributed by atoms with Gasteiger partial charge in [0, 0.05) is 19.3 Å². The normalized spacial score (nSPS) is 10.3. The summed E-state index contributed by atoms with van der Waals surface area (Å²) in [6.07, 6.45) is 2.47. The number of aromatic nitrogens is 1. The van der Waals surface area contributed by atoms with E-state index in [0.717, 1.165) is 12.0 Å². The van der Waals surface area contributed by atoms with Crippen LogP contribution in [0.25, 0.3) is 0 Å². The zero-order chi connectivity index (χ0) is 14.9. The number of amides is 1. The van der Waals surface area contributed by atoms with Crippen LogP contribution in [0.15, 0.2) is 48.7 Å². The minimum atomic E-state index is -0.153. The molecule has 5 heteroatoms. The monoisotopic (exact) mass is 302 g/mol. The number of benzene rings is 1. The summed E-state index contributed by atoms with van der Waals surface area (Å²) in [6, 6.07) is 13.5. The number of nitrogens with one attached hydrogen (secondary N) is 2. The Morgan fingerprint density at radius 1 is 1.19 bits per heavy atom. The van der Waals surface area contributed by atoms with Crippen molar-refractivity contribution in [2.45, 2.75) is 13.0 Å². The predicted molar refractivity (Wildman–Crippen MR) is 84.7 cm³/mol. The van der Waals surface area contributed by atoms with Crippen molar-refractivity contribution in [3.05, 3.63) is 64.4 Å². The number of hydrogen-bond donors (Lipinski definition) is 2. The molecule has 0 radical (unpaired) electrons. The second-order valence-electron chi connectivity index (χ2n) is 4.56. The molecular formula is C16H18N2O2S. The maximum atomic E-state index is 11.9. The highest BCUT2D eigenvalue weighted by atomic mass is 32.1. The van der Waals surface area contributed by atoms with Gasteiger partial charge in [-0.15, -0.1) is 0 Å². The van der Waals surface area contributed by atoms with E-state index in [-0.39, 0.29) is 5.91 Å². The van der Waals surface area contributed by atoms with Crippen molar-refractivity contribution in [3.8, 4) is 0 Å². The van der Waals surface area contributed by atoms with Crippen molar-refractivity contribution < 1.29 is 9.53 Å². The zero-order valence-corrected chi connectivity index (χ0v) is 12.5. The highest BCUT2D eigenvalue weighted by Crippen LogP contribution is 2.01. The largest absolute Gasteiger partial charge is 0.377 e. The van der Waals surface area contributed by atoms with Crippen LogP contribution in [0.3, 0.4) is 0 Å². The van der Waals surface area contributed by atoms with E-state index >= 15 is 0 Å². The zero-order valence-electron chi connectivity index (χ0n) is 11.7. The van der Waals surface area contributed by atoms with E-state index in [0.29, 0.717) is 30.0 Å². The average molecular weight is 302 g/mol. The van der Waals surface area contributed by atoms with E-state index < -0.39 is 0 Å². The molecule has 0 atom stereocenters. The van der Waals surface area contributed by atoms with Gasteiger partial charge in [-0.3, -0.25) is 4.79 Å². The Labute approximate surface area is 129 Å². The van der Waals surface area contributed by atoms with Crippen LogP contribution >= 0.6 is 12.2 Å². The molecule has 0 fully saturated rings. The Bertz CT molecular complexity index is 625. The van der Waals surface area contributed by atoms with Gasteiger partial charge in [-0.2, -0.15) is 0 Å². The molecule has 0 saturated carbocycles. The molecule has 1 aromatic heterocycles. The summed E-state index contributed by atoms with van der Waals surface area (Å²) < 4.78 is 6.01. The Kier molecular flexibility index (Phi) is 6.12. The number of H-pyrrole nitrogens is 1. The highest BCUT2D eigenvalue weighted by Gasteiger charge is 2.05. The van der Waals surface area contributed by atoms with Crippen LogP contribution in [0, 0.1) is 4.64 Å². The van der Waals surface area contributed by atoms with E-state index in [9.17, 15) is 4.79 Å². The molecule has 0 saturated heterocycles. The van der Waals surface area contributed by atoms with E-state index in [2.05, 4.69) is 10.3 Å². The van der Waals surface area contributed by atoms with Crippen molar-refractivity contribution in [1.29, 1.82) is 0 Å². The number of aromatic amines is 1. The molecule has 0 aliphatic carbocycles. The lowest BCUT2D eigenvalue weighted by molar-refractivity contribution is 0.0933. The fraction of sp³-hybridized carbons (Fsp3) is 0.250. The van der Waals surface area contributed by atoms with Crippen molar-refractivity contribution >= 4 is 18.1 Å². The Morgan fingerprint density at radius 3 is 2.76 bits per heavy atom. The number of carbonyl (C=O) groups excluding carboxylic acids is 1. The lowest BCUT2D eigenvalue weighted by Gasteiger charge is -2.06. The van der Waals surface area contributed by atoms with Gasteiger partial charge in [0.15, 0.2) is 0 Å². The Morgan fingerprint density at radius 2 is 2.00 bits per heavy atom. The van der Waals surface area contributed by atoms with E-state index in [1.807, 2.05) is 30.3 Å². The SMILES string of the molecule is O=C(NCCCOCc1ccccc1)c1ccc[nH]c1=S. The topological polar surface area (TPSA) is 54.1 Å². The fourth-order valence-corrected chi connectivity index (χ4v) is 2.06. The van der Waals surface area contributed by atoms with E-state index in [1.165, 1.54) is 0 Å². The number of ether oxygens (including phenoxy) is 1. The molecule has 2 N–H and O–H groups in total. The van der Waals surface area contributed by atoms with Gasteiger partial charge in [-0.1, -0.05) is 42.5 Å². The first-order chi connectivity index (χ1) is 10.3. The van der Waals surface area contributed by atoms with Crippen LogP contribution in [-0.4, -0.2) is 24.0 Å². The molecule has 2 aromatic rings. The molecule has 1 amide bonds. The molecule has 1 heterocycles. The molecule has 0 unspecified atom stereocenters. The smallest absolute Gasteiger partial charge is 0.254 e. The van der Waals surface area contributed by atoms with Gasteiger partial charge in [0.25, 0.3) is 5.91 Å². The Hall–Kier alpha value is -1.98. The van der Waals surface area contributed by atoms with Gasteiger partial charge >= 0.3 is 0 Å². The summed E-state index contributed by atoms with van der Waals surface area (Å²) in [7, 11) is 0. The van der Waals surface area contributed by atoms with Gasteiger partial charge in [0.05, 0.1) is 12.2 Å². The quantitative estimate of drug-likeness (QED) is 0.610.